The number of hydrogen-bond donors (Lipinski definition) is 1. The van der Waals surface area contributed by atoms with Crippen LogP contribution in [-0.2, 0) is 0 Å². The van der Waals surface area contributed by atoms with Crippen molar-refractivity contribution < 1.29 is 4.79 Å². The number of fused-ring (bicyclic) bond motifs is 3. The van der Waals surface area contributed by atoms with Crippen LogP contribution in [0.3, 0.4) is 0 Å². The Morgan fingerprint density at radius 2 is 2.13 bits per heavy atom. The lowest BCUT2D eigenvalue weighted by Gasteiger charge is -2.30. The minimum absolute atomic E-state index is 0.107. The minimum atomic E-state index is 0.107. The van der Waals surface area contributed by atoms with E-state index in [1.54, 1.807) is 0 Å². The van der Waals surface area contributed by atoms with Crippen LogP contribution in [0.1, 0.15) is 41.8 Å². The molecule has 1 aliphatic carbocycles. The van der Waals surface area contributed by atoms with Crippen LogP contribution >= 0.6 is 11.3 Å². The number of carbonyl (C=O) groups is 1. The van der Waals surface area contributed by atoms with Gasteiger partial charge >= 0.3 is 0 Å². The fourth-order valence-corrected chi connectivity index (χ4v) is 4.42. The fraction of sp³-hybridized carbons (Fsp3) is 0.412. The van der Waals surface area contributed by atoms with Crippen molar-refractivity contribution in [2.75, 3.05) is 12.8 Å². The first-order valence-corrected chi connectivity index (χ1v) is 8.89. The number of anilines is 1. The van der Waals surface area contributed by atoms with Gasteiger partial charge in [0.05, 0.1) is 11.0 Å². The number of rotatable bonds is 2. The van der Waals surface area contributed by atoms with Crippen LogP contribution in [0.5, 0.6) is 0 Å². The van der Waals surface area contributed by atoms with Crippen molar-refractivity contribution in [3.63, 3.8) is 0 Å². The molecule has 0 bridgehead atoms. The highest BCUT2D eigenvalue weighted by molar-refractivity contribution is 7.18. The van der Waals surface area contributed by atoms with Gasteiger partial charge in [0.15, 0.2) is 4.96 Å². The Bertz CT molecular complexity index is 875. The molecule has 2 aromatic heterocycles. The molecule has 1 fully saturated rings. The molecule has 1 amide bonds. The highest BCUT2D eigenvalue weighted by Crippen LogP contribution is 2.28. The molecule has 0 unspecified atom stereocenters. The lowest BCUT2D eigenvalue weighted by atomic mass is 9.94. The van der Waals surface area contributed by atoms with Gasteiger partial charge in [-0.2, -0.15) is 0 Å². The summed E-state index contributed by atoms with van der Waals surface area (Å²) in [5, 5.41) is 0. The van der Waals surface area contributed by atoms with Crippen molar-refractivity contribution in [1.82, 2.24) is 14.3 Å². The molecule has 0 saturated heterocycles. The molecule has 3 aromatic rings. The van der Waals surface area contributed by atoms with E-state index >= 15 is 0 Å². The lowest BCUT2D eigenvalue weighted by Crippen LogP contribution is -2.37. The summed E-state index contributed by atoms with van der Waals surface area (Å²) in [5.74, 6) is 0.107. The van der Waals surface area contributed by atoms with Gasteiger partial charge in [0.25, 0.3) is 5.91 Å². The predicted octanol–water partition coefficient (Wildman–Crippen LogP) is 3.54. The van der Waals surface area contributed by atoms with E-state index < -0.39 is 0 Å². The van der Waals surface area contributed by atoms with Crippen molar-refractivity contribution in [2.45, 2.75) is 38.1 Å². The van der Waals surface area contributed by atoms with Gasteiger partial charge in [0.2, 0.25) is 0 Å². The standard InChI is InChI=1S/C17H20N4OS/c1-20(12-5-3-2-4-6-12)16(22)15-10-21-14-8-7-11(18)9-13(14)19-17(21)23-15/h7-10,12H,2-6,18H2,1H3. The molecule has 4 rings (SSSR count). The van der Waals surface area contributed by atoms with E-state index in [0.717, 1.165) is 33.7 Å². The van der Waals surface area contributed by atoms with Gasteiger partial charge in [-0.3, -0.25) is 9.20 Å². The smallest absolute Gasteiger partial charge is 0.265 e. The van der Waals surface area contributed by atoms with E-state index in [9.17, 15) is 4.79 Å². The van der Waals surface area contributed by atoms with Crippen LogP contribution < -0.4 is 5.73 Å². The second kappa shape index (κ2) is 5.53. The van der Waals surface area contributed by atoms with Gasteiger partial charge in [-0.25, -0.2) is 4.98 Å². The maximum Gasteiger partial charge on any atom is 0.265 e. The average Bonchev–Trinajstić information content (AvgIpc) is 3.11. The molecule has 1 saturated carbocycles. The summed E-state index contributed by atoms with van der Waals surface area (Å²) in [7, 11) is 1.93. The summed E-state index contributed by atoms with van der Waals surface area (Å²) >= 11 is 1.45. The van der Waals surface area contributed by atoms with Gasteiger partial charge in [-0.1, -0.05) is 30.6 Å². The minimum Gasteiger partial charge on any atom is -0.399 e. The number of hydrogen-bond acceptors (Lipinski definition) is 4. The number of carbonyl (C=O) groups excluding carboxylic acids is 1. The van der Waals surface area contributed by atoms with Gasteiger partial charge in [0, 0.05) is 25.0 Å². The molecule has 0 aliphatic heterocycles. The average molecular weight is 328 g/mol. The van der Waals surface area contributed by atoms with Crippen molar-refractivity contribution in [2.24, 2.45) is 0 Å². The maximum atomic E-state index is 12.8. The number of nitrogen functional groups attached to an aromatic ring is 1. The van der Waals surface area contributed by atoms with Crippen molar-refractivity contribution >= 4 is 38.9 Å². The Morgan fingerprint density at radius 1 is 1.35 bits per heavy atom. The van der Waals surface area contributed by atoms with Crippen LogP contribution in [0.15, 0.2) is 24.4 Å². The first-order chi connectivity index (χ1) is 11.1. The first kappa shape index (κ1) is 14.5. The number of amides is 1. The Kier molecular flexibility index (Phi) is 3.49. The summed E-state index contributed by atoms with van der Waals surface area (Å²) in [5.41, 5.74) is 8.38. The topological polar surface area (TPSA) is 63.6 Å². The van der Waals surface area contributed by atoms with Gasteiger partial charge in [-0.05, 0) is 31.0 Å². The molecule has 6 heteroatoms. The highest BCUT2D eigenvalue weighted by Gasteiger charge is 2.24. The normalized spacial score (nSPS) is 16.2. The number of nitrogens with zero attached hydrogens (tertiary/aromatic N) is 3. The molecule has 5 nitrogen and oxygen atoms in total. The third kappa shape index (κ3) is 2.47. The fourth-order valence-electron chi connectivity index (χ4n) is 3.44. The summed E-state index contributed by atoms with van der Waals surface area (Å²) < 4.78 is 1.99. The quantitative estimate of drug-likeness (QED) is 0.732. The molecule has 23 heavy (non-hydrogen) atoms. The second-order valence-electron chi connectivity index (χ2n) is 6.32. The number of thiazole rings is 1. The van der Waals surface area contributed by atoms with Gasteiger partial charge in [0.1, 0.15) is 4.88 Å². The summed E-state index contributed by atoms with van der Waals surface area (Å²) in [4.78, 5) is 20.9. The van der Waals surface area contributed by atoms with Crippen LogP contribution in [0, 0.1) is 0 Å². The van der Waals surface area contributed by atoms with Crippen LogP contribution in [-0.4, -0.2) is 33.3 Å². The monoisotopic (exact) mass is 328 g/mol. The number of nitrogens with two attached hydrogens (primary N) is 1. The highest BCUT2D eigenvalue weighted by atomic mass is 32.1. The Hall–Kier alpha value is -2.08. The molecule has 0 radical (unpaired) electrons. The van der Waals surface area contributed by atoms with E-state index in [0.29, 0.717) is 11.7 Å². The zero-order chi connectivity index (χ0) is 16.0. The first-order valence-electron chi connectivity index (χ1n) is 8.08. The zero-order valence-electron chi connectivity index (χ0n) is 13.2. The lowest BCUT2D eigenvalue weighted by molar-refractivity contribution is 0.0701. The van der Waals surface area contributed by atoms with Crippen molar-refractivity contribution in [3.8, 4) is 0 Å². The SMILES string of the molecule is CN(C(=O)c1cn2c(nc3cc(N)ccc32)s1)C1CCCCC1. The number of aromatic nitrogens is 2. The third-order valence-corrected chi connectivity index (χ3v) is 5.75. The summed E-state index contributed by atoms with van der Waals surface area (Å²) in [6, 6.07) is 6.06. The van der Waals surface area contributed by atoms with E-state index in [4.69, 9.17) is 5.73 Å². The van der Waals surface area contributed by atoms with Gasteiger partial charge < -0.3 is 10.6 Å². The Labute approximate surface area is 138 Å². The predicted molar refractivity (Wildman–Crippen MR) is 94.0 cm³/mol. The molecule has 2 N–H and O–H groups in total. The maximum absolute atomic E-state index is 12.8. The van der Waals surface area contributed by atoms with E-state index in [1.165, 1.54) is 30.6 Å². The third-order valence-electron chi connectivity index (χ3n) is 4.78. The number of imidazole rings is 1. The molecular formula is C17H20N4OS. The molecular weight excluding hydrogens is 308 g/mol. The van der Waals surface area contributed by atoms with Crippen molar-refractivity contribution in [1.29, 1.82) is 0 Å². The Balaban J connectivity index is 1.67. The molecule has 120 valence electrons. The zero-order valence-corrected chi connectivity index (χ0v) is 14.0. The van der Waals surface area contributed by atoms with Crippen LogP contribution in [0.4, 0.5) is 5.69 Å². The number of benzene rings is 1. The molecule has 0 spiro atoms. The molecule has 1 aliphatic rings. The largest absolute Gasteiger partial charge is 0.399 e. The second-order valence-corrected chi connectivity index (χ2v) is 7.32. The van der Waals surface area contributed by atoms with Crippen molar-refractivity contribution in [3.05, 3.63) is 29.3 Å². The molecule has 2 heterocycles. The molecule has 0 atom stereocenters. The van der Waals surface area contributed by atoms with E-state index in [2.05, 4.69) is 4.98 Å². The van der Waals surface area contributed by atoms with Crippen LogP contribution in [0.25, 0.3) is 16.0 Å². The van der Waals surface area contributed by atoms with E-state index in [1.807, 2.05) is 40.7 Å². The van der Waals surface area contributed by atoms with E-state index in [-0.39, 0.29) is 5.91 Å². The molecule has 1 aromatic carbocycles. The van der Waals surface area contributed by atoms with Crippen LogP contribution in [0.2, 0.25) is 0 Å². The summed E-state index contributed by atoms with van der Waals surface area (Å²) in [6.07, 6.45) is 7.89. The van der Waals surface area contributed by atoms with Gasteiger partial charge in [-0.15, -0.1) is 0 Å². The summed E-state index contributed by atoms with van der Waals surface area (Å²) in [6.45, 7) is 0. The Morgan fingerprint density at radius 3 is 2.91 bits per heavy atom.